The summed E-state index contributed by atoms with van der Waals surface area (Å²) in [5.41, 5.74) is -0.440. The van der Waals surface area contributed by atoms with Crippen molar-refractivity contribution >= 4 is 0 Å². The van der Waals surface area contributed by atoms with Crippen LogP contribution in [0.1, 0.15) is 40.5 Å². The van der Waals surface area contributed by atoms with E-state index in [1.807, 2.05) is 13.8 Å². The number of ether oxygens (including phenoxy) is 1. The molecule has 2 heteroatoms. The van der Waals surface area contributed by atoms with Crippen LogP contribution in [0.15, 0.2) is 0 Å². The predicted octanol–water partition coefficient (Wildman–Crippen LogP) is 1.71. The lowest BCUT2D eigenvalue weighted by molar-refractivity contribution is -0.206. The van der Waals surface area contributed by atoms with E-state index in [9.17, 15) is 5.11 Å². The minimum absolute atomic E-state index is 0.0667. The Hall–Kier alpha value is -0.0800. The molecule has 0 saturated carbocycles. The summed E-state index contributed by atoms with van der Waals surface area (Å²) in [4.78, 5) is 0. The molecule has 1 atom stereocenters. The van der Waals surface area contributed by atoms with Crippen molar-refractivity contribution in [2.24, 2.45) is 0 Å². The van der Waals surface area contributed by atoms with E-state index in [2.05, 4.69) is 13.8 Å². The molecule has 1 unspecified atom stereocenters. The first kappa shape index (κ1) is 9.01. The Balaban J connectivity index is 2.67. The predicted molar refractivity (Wildman–Crippen MR) is 44.5 cm³/mol. The van der Waals surface area contributed by atoms with E-state index in [0.29, 0.717) is 0 Å². The maximum atomic E-state index is 9.54. The van der Waals surface area contributed by atoms with Crippen LogP contribution in [0.3, 0.4) is 0 Å². The molecule has 0 spiro atoms. The van der Waals surface area contributed by atoms with Crippen LogP contribution in [0.2, 0.25) is 0 Å². The van der Waals surface area contributed by atoms with Crippen LogP contribution in [0, 0.1) is 0 Å². The van der Waals surface area contributed by atoms with Crippen molar-refractivity contribution in [3.8, 4) is 0 Å². The molecule has 0 aliphatic carbocycles. The lowest BCUT2D eigenvalue weighted by atomic mass is 9.87. The number of aliphatic hydroxyl groups excluding tert-OH is 1. The second-order valence-corrected chi connectivity index (χ2v) is 4.52. The van der Waals surface area contributed by atoms with E-state index in [0.717, 1.165) is 12.8 Å². The van der Waals surface area contributed by atoms with E-state index >= 15 is 0 Å². The number of hydrogen-bond acceptors (Lipinski definition) is 2. The highest BCUT2D eigenvalue weighted by Crippen LogP contribution is 2.34. The highest BCUT2D eigenvalue weighted by molar-refractivity contribution is 4.89. The normalized spacial score (nSPS) is 35.2. The van der Waals surface area contributed by atoms with Crippen LogP contribution in [-0.4, -0.2) is 22.4 Å². The average Bonchev–Trinajstić information content (AvgIpc) is 1.77. The summed E-state index contributed by atoms with van der Waals surface area (Å²) in [5, 5.41) is 9.54. The number of aliphatic hydroxyl groups is 1. The summed E-state index contributed by atoms with van der Waals surface area (Å²) in [6.45, 7) is 8.03. The molecule has 2 nitrogen and oxygen atoms in total. The van der Waals surface area contributed by atoms with Crippen molar-refractivity contribution in [2.45, 2.75) is 57.8 Å². The molecule has 1 fully saturated rings. The molecular formula is C9H18O2. The Morgan fingerprint density at radius 3 is 2.18 bits per heavy atom. The van der Waals surface area contributed by atoms with Crippen LogP contribution in [0.5, 0.6) is 0 Å². The maximum absolute atomic E-state index is 9.54. The third kappa shape index (κ3) is 1.94. The monoisotopic (exact) mass is 158 g/mol. The summed E-state index contributed by atoms with van der Waals surface area (Å²) in [6.07, 6.45) is 1.48. The molecule has 1 N–H and O–H groups in total. The lowest BCUT2D eigenvalue weighted by Gasteiger charge is -2.44. The summed E-state index contributed by atoms with van der Waals surface area (Å²) in [5.74, 6) is 0. The zero-order valence-electron chi connectivity index (χ0n) is 7.85. The number of rotatable bonds is 0. The van der Waals surface area contributed by atoms with Gasteiger partial charge in [-0.3, -0.25) is 0 Å². The fourth-order valence-corrected chi connectivity index (χ4v) is 1.66. The van der Waals surface area contributed by atoms with Gasteiger partial charge in [-0.1, -0.05) is 0 Å². The smallest absolute Gasteiger partial charge is 0.0891 e. The van der Waals surface area contributed by atoms with Crippen molar-refractivity contribution < 1.29 is 9.84 Å². The third-order valence-corrected chi connectivity index (χ3v) is 2.36. The Morgan fingerprint density at radius 2 is 1.82 bits per heavy atom. The van der Waals surface area contributed by atoms with Crippen LogP contribution < -0.4 is 0 Å². The van der Waals surface area contributed by atoms with Gasteiger partial charge in [0.05, 0.1) is 17.3 Å². The Labute approximate surface area is 68.6 Å². The molecule has 11 heavy (non-hydrogen) atoms. The Kier molecular flexibility index (Phi) is 2.01. The van der Waals surface area contributed by atoms with Crippen molar-refractivity contribution in [3.05, 3.63) is 0 Å². The average molecular weight is 158 g/mol. The molecule has 0 bridgehead atoms. The van der Waals surface area contributed by atoms with Crippen LogP contribution in [-0.2, 0) is 4.74 Å². The fraction of sp³-hybridized carbons (Fsp3) is 1.00. The zero-order chi connectivity index (χ0) is 8.70. The van der Waals surface area contributed by atoms with E-state index in [4.69, 9.17) is 4.74 Å². The van der Waals surface area contributed by atoms with Gasteiger partial charge in [0.25, 0.3) is 0 Å². The van der Waals surface area contributed by atoms with Gasteiger partial charge < -0.3 is 9.84 Å². The molecule has 0 radical (unpaired) electrons. The Morgan fingerprint density at radius 1 is 1.27 bits per heavy atom. The van der Waals surface area contributed by atoms with E-state index < -0.39 is 0 Å². The molecule has 66 valence electrons. The molecular weight excluding hydrogens is 140 g/mol. The van der Waals surface area contributed by atoms with Gasteiger partial charge in [0.15, 0.2) is 0 Å². The van der Waals surface area contributed by atoms with Gasteiger partial charge in [-0.2, -0.15) is 0 Å². The molecule has 1 heterocycles. The molecule has 0 aromatic rings. The first-order chi connectivity index (χ1) is 4.83. The van der Waals surface area contributed by atoms with Crippen LogP contribution >= 0.6 is 0 Å². The maximum Gasteiger partial charge on any atom is 0.0891 e. The molecule has 1 saturated heterocycles. The highest BCUT2D eigenvalue weighted by atomic mass is 16.5. The third-order valence-electron chi connectivity index (χ3n) is 2.36. The minimum Gasteiger partial charge on any atom is -0.390 e. The lowest BCUT2D eigenvalue weighted by Crippen LogP contribution is -2.50. The first-order valence-corrected chi connectivity index (χ1v) is 4.22. The molecule has 1 aliphatic heterocycles. The second-order valence-electron chi connectivity index (χ2n) is 4.52. The Bertz CT molecular complexity index is 150. The largest absolute Gasteiger partial charge is 0.390 e. The second kappa shape index (κ2) is 2.46. The molecule has 1 aliphatic rings. The summed E-state index contributed by atoms with van der Waals surface area (Å²) in [6, 6.07) is 0. The van der Waals surface area contributed by atoms with Gasteiger partial charge in [-0.05, 0) is 40.5 Å². The van der Waals surface area contributed by atoms with Crippen molar-refractivity contribution in [2.75, 3.05) is 0 Å². The van der Waals surface area contributed by atoms with Gasteiger partial charge in [-0.25, -0.2) is 0 Å². The van der Waals surface area contributed by atoms with Gasteiger partial charge in [0.2, 0.25) is 0 Å². The van der Waals surface area contributed by atoms with E-state index in [1.165, 1.54) is 0 Å². The number of hydrogen-bond donors (Lipinski definition) is 1. The quantitative estimate of drug-likeness (QED) is 0.581. The topological polar surface area (TPSA) is 29.5 Å². The minimum atomic E-state index is -0.373. The zero-order valence-corrected chi connectivity index (χ0v) is 7.85. The fourth-order valence-electron chi connectivity index (χ4n) is 1.66. The van der Waals surface area contributed by atoms with E-state index in [1.54, 1.807) is 0 Å². The molecule has 0 aromatic carbocycles. The molecule has 0 amide bonds. The van der Waals surface area contributed by atoms with Gasteiger partial charge in [0.1, 0.15) is 0 Å². The van der Waals surface area contributed by atoms with Crippen molar-refractivity contribution in [1.29, 1.82) is 0 Å². The standard InChI is InChI=1S/C9H18O2/c1-8(2)6-5-7(10)9(3,4)11-8/h7,10H,5-6H2,1-4H3. The highest BCUT2D eigenvalue weighted by Gasteiger charge is 2.40. The van der Waals surface area contributed by atoms with Crippen molar-refractivity contribution in [3.63, 3.8) is 0 Å². The summed E-state index contributed by atoms with van der Waals surface area (Å²) >= 11 is 0. The van der Waals surface area contributed by atoms with Gasteiger partial charge in [0, 0.05) is 0 Å². The SMILES string of the molecule is CC1(C)CCC(O)C(C)(C)O1. The van der Waals surface area contributed by atoms with Crippen molar-refractivity contribution in [1.82, 2.24) is 0 Å². The molecule has 0 aromatic heterocycles. The molecule has 1 rings (SSSR count). The summed E-state index contributed by atoms with van der Waals surface area (Å²) in [7, 11) is 0. The van der Waals surface area contributed by atoms with E-state index in [-0.39, 0.29) is 17.3 Å². The first-order valence-electron chi connectivity index (χ1n) is 4.22. The van der Waals surface area contributed by atoms with Gasteiger partial charge >= 0.3 is 0 Å². The van der Waals surface area contributed by atoms with Crippen LogP contribution in [0.4, 0.5) is 0 Å². The summed E-state index contributed by atoms with van der Waals surface area (Å²) < 4.78 is 5.72. The van der Waals surface area contributed by atoms with Crippen LogP contribution in [0.25, 0.3) is 0 Å². The van der Waals surface area contributed by atoms with Gasteiger partial charge in [-0.15, -0.1) is 0 Å².